The van der Waals surface area contributed by atoms with Gasteiger partial charge < -0.3 is 9.47 Å². The Morgan fingerprint density at radius 2 is 1.43 bits per heavy atom. The number of benzene rings is 3. The second kappa shape index (κ2) is 9.86. The predicted molar refractivity (Wildman–Crippen MR) is 126 cm³/mol. The van der Waals surface area contributed by atoms with Crippen LogP contribution in [0.5, 0.6) is 0 Å². The van der Waals surface area contributed by atoms with Gasteiger partial charge in [0.05, 0.1) is 0 Å². The maximum atomic E-state index is 14.6. The maximum Gasteiger partial charge on any atom is 0.411 e. The van der Waals surface area contributed by atoms with Crippen LogP contribution < -0.4 is 0 Å². The fourth-order valence-corrected chi connectivity index (χ4v) is 4.26. The van der Waals surface area contributed by atoms with Crippen LogP contribution in [0.1, 0.15) is 49.6 Å². The van der Waals surface area contributed by atoms with E-state index in [0.717, 1.165) is 12.1 Å². The van der Waals surface area contributed by atoms with Crippen molar-refractivity contribution in [1.29, 1.82) is 0 Å². The molecule has 5 nitrogen and oxygen atoms in total. The Morgan fingerprint density at radius 1 is 0.886 bits per heavy atom. The Balaban J connectivity index is 1.86. The van der Waals surface area contributed by atoms with Crippen molar-refractivity contribution in [2.45, 2.75) is 51.0 Å². The molecular weight excluding hydrogens is 452 g/mol. The summed E-state index contributed by atoms with van der Waals surface area (Å²) in [5.74, 6) is -2.37. The number of morpholine rings is 1. The van der Waals surface area contributed by atoms with Gasteiger partial charge in [-0.1, -0.05) is 66.7 Å². The molecule has 1 fully saturated rings. The first-order valence-corrected chi connectivity index (χ1v) is 11.4. The van der Waals surface area contributed by atoms with Crippen LogP contribution in [0, 0.1) is 11.6 Å². The van der Waals surface area contributed by atoms with Crippen LogP contribution in [-0.2, 0) is 20.7 Å². The zero-order valence-corrected chi connectivity index (χ0v) is 19.8. The van der Waals surface area contributed by atoms with E-state index in [0.29, 0.717) is 11.1 Å². The Kier molecular flexibility index (Phi) is 6.87. The molecule has 0 bridgehead atoms. The number of rotatable bonds is 4. The Bertz CT molecular complexity index is 1170. The van der Waals surface area contributed by atoms with E-state index in [1.807, 2.05) is 48.5 Å². The third-order valence-corrected chi connectivity index (χ3v) is 5.77. The second-order valence-corrected chi connectivity index (χ2v) is 9.43. The number of carbonyl (C=O) groups is 2. The molecule has 3 aromatic carbocycles. The van der Waals surface area contributed by atoms with E-state index in [-0.39, 0.29) is 5.56 Å². The highest BCUT2D eigenvalue weighted by Gasteiger charge is 2.49. The molecule has 0 N–H and O–H groups in total. The van der Waals surface area contributed by atoms with Gasteiger partial charge in [-0.15, -0.1) is 0 Å². The van der Waals surface area contributed by atoms with Crippen LogP contribution in [0.4, 0.5) is 13.6 Å². The molecule has 1 amide bonds. The van der Waals surface area contributed by atoms with Gasteiger partial charge in [0.15, 0.2) is 6.10 Å². The van der Waals surface area contributed by atoms with Gasteiger partial charge >= 0.3 is 12.1 Å². The standard InChI is InChI=1S/C28H27F2NO4/c1-28(2,3)35-27(33)31-23(17-20-21(29)15-10-16-22(20)30)26(32)34-25(19-13-8-5-9-14-19)24(31)18-11-6-4-7-12-18/h4-16,23-25H,17H2,1-3H3/t23-,24-,25+/m0/s1. The molecule has 3 atom stereocenters. The molecule has 1 heterocycles. The summed E-state index contributed by atoms with van der Waals surface area (Å²) in [4.78, 5) is 28.2. The zero-order chi connectivity index (χ0) is 25.2. The van der Waals surface area contributed by atoms with Crippen molar-refractivity contribution < 1.29 is 27.8 Å². The zero-order valence-electron chi connectivity index (χ0n) is 19.8. The fourth-order valence-electron chi connectivity index (χ4n) is 4.26. The molecule has 3 aromatic rings. The van der Waals surface area contributed by atoms with Crippen molar-refractivity contribution >= 4 is 12.1 Å². The Hall–Kier alpha value is -3.74. The summed E-state index contributed by atoms with van der Waals surface area (Å²) < 4.78 is 40.7. The van der Waals surface area contributed by atoms with Crippen molar-refractivity contribution in [2.24, 2.45) is 0 Å². The number of hydrogen-bond acceptors (Lipinski definition) is 4. The van der Waals surface area contributed by atoms with Crippen LogP contribution in [-0.4, -0.2) is 28.6 Å². The number of ether oxygens (including phenoxy) is 2. The molecule has 182 valence electrons. The topological polar surface area (TPSA) is 55.8 Å². The molecule has 0 radical (unpaired) electrons. The van der Waals surface area contributed by atoms with E-state index in [9.17, 15) is 18.4 Å². The monoisotopic (exact) mass is 479 g/mol. The molecule has 4 rings (SSSR count). The quantitative estimate of drug-likeness (QED) is 0.421. The van der Waals surface area contributed by atoms with E-state index >= 15 is 0 Å². The molecule has 0 saturated carbocycles. The van der Waals surface area contributed by atoms with Crippen LogP contribution in [0.15, 0.2) is 78.9 Å². The number of halogens is 2. The molecule has 0 aromatic heterocycles. The first-order valence-electron chi connectivity index (χ1n) is 11.4. The average Bonchev–Trinajstić information content (AvgIpc) is 2.82. The summed E-state index contributed by atoms with van der Waals surface area (Å²) in [6, 6.07) is 19.5. The predicted octanol–water partition coefficient (Wildman–Crippen LogP) is 6.15. The van der Waals surface area contributed by atoms with Gasteiger partial charge in [-0.05, 0) is 44.0 Å². The van der Waals surface area contributed by atoms with Crippen molar-refractivity contribution in [3.63, 3.8) is 0 Å². The molecule has 1 aliphatic heterocycles. The molecule has 1 aliphatic rings. The van der Waals surface area contributed by atoms with Gasteiger partial charge in [0.2, 0.25) is 0 Å². The number of esters is 1. The number of hydrogen-bond donors (Lipinski definition) is 0. The lowest BCUT2D eigenvalue weighted by Gasteiger charge is -2.45. The van der Waals surface area contributed by atoms with Crippen molar-refractivity contribution in [3.8, 4) is 0 Å². The summed E-state index contributed by atoms with van der Waals surface area (Å²) >= 11 is 0. The van der Waals surface area contributed by atoms with Crippen LogP contribution in [0.25, 0.3) is 0 Å². The van der Waals surface area contributed by atoms with E-state index in [4.69, 9.17) is 9.47 Å². The number of cyclic esters (lactones) is 1. The smallest absolute Gasteiger partial charge is 0.411 e. The summed E-state index contributed by atoms with van der Waals surface area (Å²) in [5.41, 5.74) is 0.209. The molecular formula is C28H27F2NO4. The Labute approximate surface area is 203 Å². The van der Waals surface area contributed by atoms with Gasteiger partial charge in [-0.25, -0.2) is 18.4 Å². The van der Waals surface area contributed by atoms with Crippen molar-refractivity contribution in [1.82, 2.24) is 4.90 Å². The molecule has 35 heavy (non-hydrogen) atoms. The first kappa shape index (κ1) is 24.4. The molecule has 0 unspecified atom stereocenters. The van der Waals surface area contributed by atoms with Crippen LogP contribution in [0.3, 0.4) is 0 Å². The number of carbonyl (C=O) groups excluding carboxylic acids is 2. The molecule has 0 spiro atoms. The molecule has 0 aliphatic carbocycles. The van der Waals surface area contributed by atoms with Crippen LogP contribution >= 0.6 is 0 Å². The van der Waals surface area contributed by atoms with Gasteiger partial charge in [0, 0.05) is 12.0 Å². The highest BCUT2D eigenvalue weighted by molar-refractivity contribution is 5.84. The first-order chi connectivity index (χ1) is 16.7. The summed E-state index contributed by atoms with van der Waals surface area (Å²) in [5, 5.41) is 0. The Morgan fingerprint density at radius 3 is 1.97 bits per heavy atom. The van der Waals surface area contributed by atoms with E-state index in [1.54, 1.807) is 32.9 Å². The fraction of sp³-hybridized carbons (Fsp3) is 0.286. The lowest BCUT2D eigenvalue weighted by atomic mass is 9.89. The van der Waals surface area contributed by atoms with E-state index in [1.165, 1.54) is 11.0 Å². The minimum Gasteiger partial charge on any atom is -0.453 e. The average molecular weight is 480 g/mol. The highest BCUT2D eigenvalue weighted by Crippen LogP contribution is 2.43. The van der Waals surface area contributed by atoms with Crippen molar-refractivity contribution in [3.05, 3.63) is 107 Å². The maximum absolute atomic E-state index is 14.6. The minimum atomic E-state index is -1.30. The summed E-state index contributed by atoms with van der Waals surface area (Å²) in [6.07, 6.45) is -2.02. The van der Waals surface area contributed by atoms with Gasteiger partial charge in [0.1, 0.15) is 29.3 Å². The highest BCUT2D eigenvalue weighted by atomic mass is 19.1. The summed E-state index contributed by atoms with van der Waals surface area (Å²) in [6.45, 7) is 5.14. The lowest BCUT2D eigenvalue weighted by molar-refractivity contribution is -0.174. The molecule has 1 saturated heterocycles. The van der Waals surface area contributed by atoms with E-state index < -0.39 is 53.9 Å². The van der Waals surface area contributed by atoms with E-state index in [2.05, 4.69) is 0 Å². The number of nitrogens with zero attached hydrogens (tertiary/aromatic N) is 1. The third-order valence-electron chi connectivity index (χ3n) is 5.77. The lowest BCUT2D eigenvalue weighted by Crippen LogP contribution is -2.56. The normalized spacial score (nSPS) is 20.3. The second-order valence-electron chi connectivity index (χ2n) is 9.43. The summed E-state index contributed by atoms with van der Waals surface area (Å²) in [7, 11) is 0. The van der Waals surface area contributed by atoms with Gasteiger partial charge in [0.25, 0.3) is 0 Å². The van der Waals surface area contributed by atoms with Gasteiger partial charge in [-0.2, -0.15) is 0 Å². The largest absolute Gasteiger partial charge is 0.453 e. The van der Waals surface area contributed by atoms with Crippen LogP contribution in [0.2, 0.25) is 0 Å². The minimum absolute atomic E-state index is 0.298. The number of amides is 1. The molecule has 7 heteroatoms. The SMILES string of the molecule is CC(C)(C)OC(=O)N1[C@@H](Cc2c(F)cccc2F)C(=O)O[C@H](c2ccccc2)[C@@H]1c1ccccc1. The van der Waals surface area contributed by atoms with Crippen molar-refractivity contribution in [2.75, 3.05) is 0 Å². The third kappa shape index (κ3) is 5.34. The van der Waals surface area contributed by atoms with Gasteiger partial charge in [-0.3, -0.25) is 4.90 Å².